The van der Waals surface area contributed by atoms with Crippen LogP contribution in [0.4, 0.5) is 5.69 Å². The van der Waals surface area contributed by atoms with Crippen LogP contribution >= 0.6 is 24.2 Å². The minimum atomic E-state index is 0. The molecule has 1 aliphatic rings. The van der Waals surface area contributed by atoms with E-state index in [0.29, 0.717) is 0 Å². The number of benzene rings is 1. The van der Waals surface area contributed by atoms with Crippen LogP contribution in [0.3, 0.4) is 0 Å². The van der Waals surface area contributed by atoms with E-state index in [9.17, 15) is 0 Å². The van der Waals surface area contributed by atoms with E-state index in [1.807, 2.05) is 23.9 Å². The number of anilines is 1. The molecule has 1 unspecified atom stereocenters. The van der Waals surface area contributed by atoms with Crippen molar-refractivity contribution >= 4 is 29.9 Å². The highest BCUT2D eigenvalue weighted by Crippen LogP contribution is 2.40. The summed E-state index contributed by atoms with van der Waals surface area (Å²) in [5.41, 5.74) is 7.86. The molecule has 4 heteroatoms. The van der Waals surface area contributed by atoms with Crippen LogP contribution in [0.25, 0.3) is 0 Å². The van der Waals surface area contributed by atoms with Crippen molar-refractivity contribution in [3.63, 3.8) is 0 Å². The van der Waals surface area contributed by atoms with Gasteiger partial charge in [-0.15, -0.1) is 24.2 Å². The molecule has 1 saturated heterocycles. The molecule has 0 bridgehead atoms. The molecule has 0 aromatic heterocycles. The summed E-state index contributed by atoms with van der Waals surface area (Å²) in [5.74, 6) is 1.19. The van der Waals surface area contributed by atoms with Crippen molar-refractivity contribution in [2.75, 3.05) is 18.0 Å². The van der Waals surface area contributed by atoms with Crippen LogP contribution in [0.1, 0.15) is 18.9 Å². The molecule has 0 amide bonds. The topological polar surface area (TPSA) is 38.0 Å². The molecule has 2 rings (SSSR count). The number of hydrogen-bond acceptors (Lipinski definition) is 3. The third kappa shape index (κ3) is 2.41. The molecule has 15 heavy (non-hydrogen) atoms. The average Bonchev–Trinajstić information content (AvgIpc) is 2.68. The van der Waals surface area contributed by atoms with E-state index in [-0.39, 0.29) is 17.3 Å². The molecule has 0 radical (unpaired) electrons. The third-order valence-corrected chi connectivity index (χ3v) is 4.31. The molecule has 1 heterocycles. The van der Waals surface area contributed by atoms with Crippen molar-refractivity contribution in [2.45, 2.75) is 18.2 Å². The van der Waals surface area contributed by atoms with Crippen molar-refractivity contribution < 1.29 is 0 Å². The van der Waals surface area contributed by atoms with E-state index in [4.69, 9.17) is 5.73 Å². The van der Waals surface area contributed by atoms with Gasteiger partial charge in [0.2, 0.25) is 0 Å². The highest BCUT2D eigenvalue weighted by Gasteiger charge is 2.33. The van der Waals surface area contributed by atoms with Gasteiger partial charge in [0.25, 0.3) is 0 Å². The average molecular weight is 245 g/mol. The standard InChI is InChI=1S/C11H16N2S.ClH/c1-2-11(13-7-8-14-11)9-3-5-10(12)6-4-9;/h3-6,13H,2,7-8,12H2,1H3;1H. The minimum Gasteiger partial charge on any atom is -0.399 e. The molecule has 1 aromatic carbocycles. The lowest BCUT2D eigenvalue weighted by atomic mass is 10.0. The summed E-state index contributed by atoms with van der Waals surface area (Å²) in [6.45, 7) is 3.32. The lowest BCUT2D eigenvalue weighted by Gasteiger charge is -2.27. The summed E-state index contributed by atoms with van der Waals surface area (Å²) < 4.78 is 0. The largest absolute Gasteiger partial charge is 0.399 e. The fourth-order valence-corrected chi connectivity index (χ4v) is 3.16. The second-order valence-corrected chi connectivity index (χ2v) is 4.97. The van der Waals surface area contributed by atoms with E-state index in [0.717, 1.165) is 18.7 Å². The van der Waals surface area contributed by atoms with Crippen molar-refractivity contribution in [1.29, 1.82) is 0 Å². The summed E-state index contributed by atoms with van der Waals surface area (Å²) in [5, 5.41) is 3.58. The lowest BCUT2D eigenvalue weighted by molar-refractivity contribution is 0.509. The summed E-state index contributed by atoms with van der Waals surface area (Å²) in [6, 6.07) is 8.22. The van der Waals surface area contributed by atoms with E-state index >= 15 is 0 Å². The minimum absolute atomic E-state index is 0. The first-order valence-corrected chi connectivity index (χ1v) is 6.00. The molecule has 0 saturated carbocycles. The Morgan fingerprint density at radius 1 is 1.40 bits per heavy atom. The maximum absolute atomic E-state index is 5.68. The second kappa shape index (κ2) is 5.10. The monoisotopic (exact) mass is 244 g/mol. The normalized spacial score (nSPS) is 24.9. The smallest absolute Gasteiger partial charge is 0.0899 e. The molecule has 1 aromatic rings. The first-order valence-electron chi connectivity index (χ1n) is 5.02. The van der Waals surface area contributed by atoms with Gasteiger partial charge in [-0.3, -0.25) is 5.32 Å². The van der Waals surface area contributed by atoms with Crippen molar-refractivity contribution in [2.24, 2.45) is 0 Å². The Morgan fingerprint density at radius 2 is 2.07 bits per heavy atom. The van der Waals surface area contributed by atoms with Gasteiger partial charge in [0, 0.05) is 18.0 Å². The van der Waals surface area contributed by atoms with Crippen molar-refractivity contribution in [3.8, 4) is 0 Å². The fraction of sp³-hybridized carbons (Fsp3) is 0.455. The number of nitrogens with one attached hydrogen (secondary N) is 1. The van der Waals surface area contributed by atoms with E-state index < -0.39 is 0 Å². The number of thioether (sulfide) groups is 1. The lowest BCUT2D eigenvalue weighted by Crippen LogP contribution is -2.33. The maximum atomic E-state index is 5.68. The van der Waals surface area contributed by atoms with E-state index in [1.165, 1.54) is 11.3 Å². The molecule has 0 aliphatic carbocycles. The Kier molecular flexibility index (Phi) is 4.32. The Balaban J connectivity index is 0.00000112. The summed E-state index contributed by atoms with van der Waals surface area (Å²) in [6.07, 6.45) is 1.11. The molecular weight excluding hydrogens is 228 g/mol. The third-order valence-electron chi connectivity index (χ3n) is 2.74. The van der Waals surface area contributed by atoms with Crippen molar-refractivity contribution in [3.05, 3.63) is 29.8 Å². The molecule has 1 aliphatic heterocycles. The van der Waals surface area contributed by atoms with Gasteiger partial charge in [0.1, 0.15) is 0 Å². The maximum Gasteiger partial charge on any atom is 0.0899 e. The molecule has 84 valence electrons. The van der Waals surface area contributed by atoms with Crippen LogP contribution in [-0.2, 0) is 4.87 Å². The number of halogens is 1. The number of hydrogen-bond donors (Lipinski definition) is 2. The van der Waals surface area contributed by atoms with Gasteiger partial charge >= 0.3 is 0 Å². The van der Waals surface area contributed by atoms with E-state index in [2.05, 4.69) is 24.4 Å². The molecule has 1 fully saturated rings. The molecule has 1 atom stereocenters. The number of nitrogen functional groups attached to an aromatic ring is 1. The summed E-state index contributed by atoms with van der Waals surface area (Å²) >= 11 is 2.00. The molecular formula is C11H17ClN2S. The highest BCUT2D eigenvalue weighted by molar-refractivity contribution is 8.00. The van der Waals surface area contributed by atoms with Gasteiger partial charge in [-0.25, -0.2) is 0 Å². The molecule has 2 nitrogen and oxygen atoms in total. The Bertz CT molecular complexity index is 307. The van der Waals surface area contributed by atoms with Gasteiger partial charge in [-0.1, -0.05) is 19.1 Å². The molecule has 0 spiro atoms. The zero-order chi connectivity index (χ0) is 10.0. The predicted octanol–water partition coefficient (Wildman–Crippen LogP) is 2.59. The Labute approximate surface area is 101 Å². The van der Waals surface area contributed by atoms with Crippen LogP contribution in [0.2, 0.25) is 0 Å². The predicted molar refractivity (Wildman–Crippen MR) is 70.5 cm³/mol. The quantitative estimate of drug-likeness (QED) is 0.786. The van der Waals surface area contributed by atoms with Crippen molar-refractivity contribution in [1.82, 2.24) is 5.32 Å². The second-order valence-electron chi connectivity index (χ2n) is 3.58. The first kappa shape index (κ1) is 12.7. The Morgan fingerprint density at radius 3 is 2.53 bits per heavy atom. The first-order chi connectivity index (χ1) is 6.77. The number of rotatable bonds is 2. The van der Waals surface area contributed by atoms with Crippen LogP contribution in [0, 0.1) is 0 Å². The highest BCUT2D eigenvalue weighted by atomic mass is 35.5. The van der Waals surface area contributed by atoms with Crippen LogP contribution in [0.15, 0.2) is 24.3 Å². The summed E-state index contributed by atoms with van der Waals surface area (Å²) in [4.78, 5) is 0.133. The van der Waals surface area contributed by atoms with Crippen LogP contribution < -0.4 is 11.1 Å². The zero-order valence-corrected chi connectivity index (χ0v) is 10.5. The fourth-order valence-electron chi connectivity index (χ4n) is 1.90. The Hall–Kier alpha value is -0.380. The zero-order valence-electron chi connectivity index (χ0n) is 8.82. The van der Waals surface area contributed by atoms with Gasteiger partial charge in [0.15, 0.2) is 0 Å². The van der Waals surface area contributed by atoms with Gasteiger partial charge in [-0.2, -0.15) is 0 Å². The summed E-state index contributed by atoms with van der Waals surface area (Å²) in [7, 11) is 0. The van der Waals surface area contributed by atoms with Crippen LogP contribution in [0.5, 0.6) is 0 Å². The van der Waals surface area contributed by atoms with Gasteiger partial charge in [-0.05, 0) is 24.1 Å². The number of nitrogens with two attached hydrogens (primary N) is 1. The SMILES string of the molecule is CCC1(c2ccc(N)cc2)NCCS1.Cl. The van der Waals surface area contributed by atoms with Gasteiger partial charge < -0.3 is 5.73 Å². The van der Waals surface area contributed by atoms with Crippen LogP contribution in [-0.4, -0.2) is 12.3 Å². The van der Waals surface area contributed by atoms with Gasteiger partial charge in [0.05, 0.1) is 4.87 Å². The molecule has 3 N–H and O–H groups in total. The van der Waals surface area contributed by atoms with E-state index in [1.54, 1.807) is 0 Å².